The molecule has 0 aliphatic heterocycles. The summed E-state index contributed by atoms with van der Waals surface area (Å²) in [5, 5.41) is 22.5. The van der Waals surface area contributed by atoms with Gasteiger partial charge in [0.2, 0.25) is 0 Å². The van der Waals surface area contributed by atoms with Crippen LogP contribution in [-0.4, -0.2) is 33.8 Å². The zero-order valence-corrected chi connectivity index (χ0v) is 10.5. The van der Waals surface area contributed by atoms with Crippen molar-refractivity contribution in [1.29, 1.82) is 0 Å². The summed E-state index contributed by atoms with van der Waals surface area (Å²) >= 11 is 0. The first-order valence-corrected chi connectivity index (χ1v) is 5.81. The van der Waals surface area contributed by atoms with Crippen LogP contribution in [0, 0.1) is 10.1 Å². The van der Waals surface area contributed by atoms with E-state index in [2.05, 4.69) is 10.3 Å². The number of anilines is 1. The van der Waals surface area contributed by atoms with Crippen LogP contribution in [0.2, 0.25) is 0 Å². The van der Waals surface area contributed by atoms with E-state index in [1.807, 2.05) is 0 Å². The normalized spacial score (nSPS) is 13.1. The quantitative estimate of drug-likeness (QED) is 0.669. The largest absolute Gasteiger partial charge is 0.416 e. The third kappa shape index (κ3) is 3.19. The standard InChI is InChI=1S/C12H10F3N3O3/c13-12(14,15)10(19)6-17-11-7-3-1-2-4-8(7)16-5-9(11)18(20)21/h1-5,10,19H,6H2,(H,16,17). The first kappa shape index (κ1) is 15.0. The van der Waals surface area contributed by atoms with Gasteiger partial charge in [-0.15, -0.1) is 0 Å². The number of alkyl halides is 3. The summed E-state index contributed by atoms with van der Waals surface area (Å²) in [5.41, 5.74) is -0.163. The van der Waals surface area contributed by atoms with Crippen LogP contribution < -0.4 is 5.32 Å². The lowest BCUT2D eigenvalue weighted by Gasteiger charge is -2.16. The van der Waals surface area contributed by atoms with Gasteiger partial charge in [-0.3, -0.25) is 10.1 Å². The summed E-state index contributed by atoms with van der Waals surface area (Å²) in [6.45, 7) is -0.891. The number of hydrogen-bond acceptors (Lipinski definition) is 5. The molecule has 112 valence electrons. The Morgan fingerprint density at radius 2 is 2.05 bits per heavy atom. The predicted molar refractivity (Wildman–Crippen MR) is 68.9 cm³/mol. The Hall–Kier alpha value is -2.42. The van der Waals surface area contributed by atoms with Crippen LogP contribution in [0.1, 0.15) is 0 Å². The summed E-state index contributed by atoms with van der Waals surface area (Å²) in [4.78, 5) is 14.1. The molecular formula is C12H10F3N3O3. The van der Waals surface area contributed by atoms with E-state index in [1.54, 1.807) is 18.2 Å². The summed E-state index contributed by atoms with van der Waals surface area (Å²) < 4.78 is 36.9. The number of benzene rings is 1. The fourth-order valence-electron chi connectivity index (χ4n) is 1.77. The summed E-state index contributed by atoms with van der Waals surface area (Å²) in [6, 6.07) is 6.30. The van der Waals surface area contributed by atoms with Crippen LogP contribution >= 0.6 is 0 Å². The molecule has 0 bridgehead atoms. The van der Waals surface area contributed by atoms with E-state index < -0.39 is 29.4 Å². The summed E-state index contributed by atoms with van der Waals surface area (Å²) in [6.07, 6.45) is -6.46. The Labute approximate surface area is 116 Å². The Morgan fingerprint density at radius 1 is 1.38 bits per heavy atom. The first-order chi connectivity index (χ1) is 9.80. The molecule has 1 aromatic heterocycles. The van der Waals surface area contributed by atoms with Crippen molar-refractivity contribution in [2.24, 2.45) is 0 Å². The van der Waals surface area contributed by atoms with Gasteiger partial charge in [-0.05, 0) is 6.07 Å². The van der Waals surface area contributed by atoms with Gasteiger partial charge in [-0.25, -0.2) is 4.98 Å². The molecule has 0 amide bonds. The Kier molecular flexibility index (Phi) is 3.94. The van der Waals surface area contributed by atoms with E-state index >= 15 is 0 Å². The van der Waals surface area contributed by atoms with Crippen LogP contribution in [0.25, 0.3) is 10.9 Å². The molecule has 1 aromatic carbocycles. The van der Waals surface area contributed by atoms with Gasteiger partial charge in [0.15, 0.2) is 6.10 Å². The van der Waals surface area contributed by atoms with Crippen molar-refractivity contribution >= 4 is 22.3 Å². The van der Waals surface area contributed by atoms with Gasteiger partial charge in [-0.1, -0.05) is 18.2 Å². The van der Waals surface area contributed by atoms with Crippen LogP contribution in [0.15, 0.2) is 30.5 Å². The minimum Gasteiger partial charge on any atom is -0.382 e. The Morgan fingerprint density at radius 3 is 2.67 bits per heavy atom. The highest BCUT2D eigenvalue weighted by molar-refractivity contribution is 5.95. The van der Waals surface area contributed by atoms with Crippen molar-refractivity contribution in [3.05, 3.63) is 40.6 Å². The van der Waals surface area contributed by atoms with E-state index in [0.29, 0.717) is 10.9 Å². The minimum atomic E-state index is -4.80. The number of aromatic nitrogens is 1. The van der Waals surface area contributed by atoms with Crippen molar-refractivity contribution in [1.82, 2.24) is 4.98 Å². The third-order valence-corrected chi connectivity index (χ3v) is 2.80. The highest BCUT2D eigenvalue weighted by Crippen LogP contribution is 2.32. The molecule has 9 heteroatoms. The average molecular weight is 301 g/mol. The molecule has 1 heterocycles. The first-order valence-electron chi connectivity index (χ1n) is 5.81. The number of halogens is 3. The van der Waals surface area contributed by atoms with E-state index in [1.165, 1.54) is 6.07 Å². The van der Waals surface area contributed by atoms with Crippen molar-refractivity contribution in [2.45, 2.75) is 12.3 Å². The number of nitrogens with one attached hydrogen (secondary N) is 1. The van der Waals surface area contributed by atoms with Gasteiger partial charge < -0.3 is 10.4 Å². The molecule has 2 rings (SSSR count). The van der Waals surface area contributed by atoms with Crippen molar-refractivity contribution < 1.29 is 23.2 Å². The monoisotopic (exact) mass is 301 g/mol. The van der Waals surface area contributed by atoms with Gasteiger partial charge >= 0.3 is 11.9 Å². The highest BCUT2D eigenvalue weighted by atomic mass is 19.4. The average Bonchev–Trinajstić information content (AvgIpc) is 2.42. The number of nitro groups is 1. The molecule has 2 aromatic rings. The van der Waals surface area contributed by atoms with Crippen LogP contribution in [0.3, 0.4) is 0 Å². The zero-order chi connectivity index (χ0) is 15.6. The lowest BCUT2D eigenvalue weighted by molar-refractivity contribution is -0.384. The van der Waals surface area contributed by atoms with Crippen LogP contribution in [0.4, 0.5) is 24.5 Å². The number of nitrogens with zero attached hydrogens (tertiary/aromatic N) is 2. The Bertz CT molecular complexity index is 676. The number of fused-ring (bicyclic) bond motifs is 1. The molecule has 0 aliphatic rings. The molecule has 0 saturated heterocycles. The fourth-order valence-corrected chi connectivity index (χ4v) is 1.77. The van der Waals surface area contributed by atoms with E-state index in [9.17, 15) is 23.3 Å². The summed E-state index contributed by atoms with van der Waals surface area (Å²) in [7, 11) is 0. The molecule has 2 N–H and O–H groups in total. The maximum atomic E-state index is 12.3. The number of aliphatic hydroxyl groups is 1. The van der Waals surface area contributed by atoms with Crippen LogP contribution in [0.5, 0.6) is 0 Å². The maximum absolute atomic E-state index is 12.3. The van der Waals surface area contributed by atoms with Gasteiger partial charge in [0, 0.05) is 11.9 Å². The molecule has 0 radical (unpaired) electrons. The Balaban J connectivity index is 2.40. The minimum absolute atomic E-state index is 0.103. The molecular weight excluding hydrogens is 291 g/mol. The highest BCUT2D eigenvalue weighted by Gasteiger charge is 2.38. The molecule has 0 saturated carbocycles. The van der Waals surface area contributed by atoms with Crippen LogP contribution in [-0.2, 0) is 0 Å². The SMILES string of the molecule is O=[N+]([O-])c1cnc2ccccc2c1NCC(O)C(F)(F)F. The molecule has 0 fully saturated rings. The van der Waals surface area contributed by atoms with E-state index in [-0.39, 0.29) is 5.69 Å². The van der Waals surface area contributed by atoms with Gasteiger partial charge in [0.25, 0.3) is 0 Å². The van der Waals surface area contributed by atoms with E-state index in [0.717, 1.165) is 6.20 Å². The summed E-state index contributed by atoms with van der Waals surface area (Å²) in [5.74, 6) is 0. The number of pyridine rings is 1. The van der Waals surface area contributed by atoms with Crippen molar-refractivity contribution in [2.75, 3.05) is 11.9 Å². The second-order valence-electron chi connectivity index (χ2n) is 4.23. The third-order valence-electron chi connectivity index (χ3n) is 2.80. The van der Waals surface area contributed by atoms with Crippen molar-refractivity contribution in [3.63, 3.8) is 0 Å². The second-order valence-corrected chi connectivity index (χ2v) is 4.23. The van der Waals surface area contributed by atoms with Crippen molar-refractivity contribution in [3.8, 4) is 0 Å². The molecule has 0 spiro atoms. The fraction of sp³-hybridized carbons (Fsp3) is 0.250. The van der Waals surface area contributed by atoms with Gasteiger partial charge in [-0.2, -0.15) is 13.2 Å². The topological polar surface area (TPSA) is 88.3 Å². The number of hydrogen-bond donors (Lipinski definition) is 2. The molecule has 0 aliphatic carbocycles. The maximum Gasteiger partial charge on any atom is 0.416 e. The molecule has 21 heavy (non-hydrogen) atoms. The molecule has 1 atom stereocenters. The lowest BCUT2D eigenvalue weighted by atomic mass is 10.1. The smallest absolute Gasteiger partial charge is 0.382 e. The predicted octanol–water partition coefficient (Wildman–Crippen LogP) is 2.48. The number of rotatable bonds is 4. The molecule has 6 nitrogen and oxygen atoms in total. The van der Waals surface area contributed by atoms with E-state index in [4.69, 9.17) is 5.11 Å². The second kappa shape index (κ2) is 5.52. The zero-order valence-electron chi connectivity index (χ0n) is 10.5. The number of para-hydroxylation sites is 1. The lowest BCUT2D eigenvalue weighted by Crippen LogP contribution is -2.35. The molecule has 1 unspecified atom stereocenters. The van der Waals surface area contributed by atoms with Gasteiger partial charge in [0.05, 0.1) is 10.4 Å². The number of aliphatic hydroxyl groups excluding tert-OH is 1. The van der Waals surface area contributed by atoms with Gasteiger partial charge in [0.1, 0.15) is 11.9 Å².